The lowest BCUT2D eigenvalue weighted by molar-refractivity contribution is 0.402. The van der Waals surface area contributed by atoms with Crippen molar-refractivity contribution in [2.45, 2.75) is 55.4 Å². The Kier molecular flexibility index (Phi) is 8.44. The molecule has 0 aliphatic carbocycles. The van der Waals surface area contributed by atoms with Gasteiger partial charge in [-0.2, -0.15) is 4.98 Å². The van der Waals surface area contributed by atoms with E-state index in [2.05, 4.69) is 9.97 Å². The molecule has 39 heavy (non-hydrogen) atoms. The molecule has 2 heterocycles. The number of nitrogens with zero attached hydrogens (tertiary/aromatic N) is 3. The molecule has 0 amide bonds. The molecule has 0 saturated heterocycles. The first-order valence-electron chi connectivity index (χ1n) is 12.7. The molecule has 1 N–H and O–H groups in total. The second kappa shape index (κ2) is 11.8. The Morgan fingerprint density at radius 2 is 1.79 bits per heavy atom. The minimum Gasteiger partial charge on any atom is -0.497 e. The van der Waals surface area contributed by atoms with Crippen LogP contribution in [-0.2, 0) is 16.3 Å². The Labute approximate surface area is 226 Å². The van der Waals surface area contributed by atoms with Gasteiger partial charge in [-0.1, -0.05) is 44.5 Å². The molecule has 2 aromatic heterocycles. The van der Waals surface area contributed by atoms with Crippen LogP contribution in [0.5, 0.6) is 11.6 Å². The van der Waals surface area contributed by atoms with Crippen LogP contribution in [0.15, 0.2) is 81.6 Å². The Balaban J connectivity index is 1.86. The van der Waals surface area contributed by atoms with Crippen LogP contribution < -0.4 is 10.3 Å². The first-order chi connectivity index (χ1) is 18.7. The second-order valence-electron chi connectivity index (χ2n) is 9.08. The number of hydrogen-bond donors (Lipinski definition) is 1. The van der Waals surface area contributed by atoms with Crippen molar-refractivity contribution in [1.82, 2.24) is 14.5 Å². The molecule has 0 aliphatic rings. The number of sulfone groups is 1. The van der Waals surface area contributed by atoms with E-state index in [0.29, 0.717) is 42.0 Å². The van der Waals surface area contributed by atoms with E-state index in [-0.39, 0.29) is 4.90 Å². The molecule has 2 aromatic carbocycles. The predicted molar refractivity (Wildman–Crippen MR) is 145 cm³/mol. The van der Waals surface area contributed by atoms with Gasteiger partial charge in [-0.3, -0.25) is 14.3 Å². The normalized spacial score (nSPS) is 12.3. The Hall–Kier alpha value is -4.05. The highest BCUT2D eigenvalue weighted by Gasteiger charge is 2.31. The van der Waals surface area contributed by atoms with Gasteiger partial charge in [-0.15, -0.1) is 0 Å². The van der Waals surface area contributed by atoms with Gasteiger partial charge in [0.1, 0.15) is 17.4 Å². The largest absolute Gasteiger partial charge is 0.497 e. The molecule has 8 nitrogen and oxygen atoms in total. The quantitative estimate of drug-likeness (QED) is 0.283. The maximum Gasteiger partial charge on any atom is 0.277 e. The van der Waals surface area contributed by atoms with Gasteiger partial charge in [-0.25, -0.2) is 12.8 Å². The van der Waals surface area contributed by atoms with Crippen molar-refractivity contribution in [3.8, 4) is 22.8 Å². The van der Waals surface area contributed by atoms with E-state index in [1.807, 2.05) is 19.9 Å². The maximum absolute atomic E-state index is 14.0. The summed E-state index contributed by atoms with van der Waals surface area (Å²) < 4.78 is 47.7. The smallest absolute Gasteiger partial charge is 0.277 e. The molecule has 10 heteroatoms. The van der Waals surface area contributed by atoms with Crippen LogP contribution in [-0.4, -0.2) is 35.2 Å². The molecule has 1 unspecified atom stereocenters. The van der Waals surface area contributed by atoms with E-state index in [1.165, 1.54) is 41.1 Å². The third-order valence-corrected chi connectivity index (χ3v) is 8.32. The van der Waals surface area contributed by atoms with E-state index >= 15 is 0 Å². The van der Waals surface area contributed by atoms with Gasteiger partial charge in [0.15, 0.2) is 4.90 Å². The van der Waals surface area contributed by atoms with Crippen LogP contribution in [0, 0.1) is 5.82 Å². The summed E-state index contributed by atoms with van der Waals surface area (Å²) in [5.41, 5.74) is 0.914. The molecule has 0 aliphatic heterocycles. The summed E-state index contributed by atoms with van der Waals surface area (Å²) in [5, 5.41) is 10.8. The predicted octanol–water partition coefficient (Wildman–Crippen LogP) is 5.33. The molecule has 0 bridgehead atoms. The Bertz CT molecular complexity index is 1640. The van der Waals surface area contributed by atoms with Crippen LogP contribution in [0.2, 0.25) is 0 Å². The number of benzene rings is 2. The molecule has 204 valence electrons. The molecule has 0 saturated carbocycles. The third kappa shape index (κ3) is 5.70. The van der Waals surface area contributed by atoms with Gasteiger partial charge in [0.2, 0.25) is 15.7 Å². The number of aromatic hydroxyl groups is 1. The fraction of sp³-hybridized carbons (Fsp3) is 0.276. The minimum atomic E-state index is -4.46. The van der Waals surface area contributed by atoms with Crippen molar-refractivity contribution in [3.63, 3.8) is 0 Å². The Morgan fingerprint density at radius 1 is 1.05 bits per heavy atom. The number of unbranched alkanes of at least 4 members (excludes halogenated alkanes) is 1. The summed E-state index contributed by atoms with van der Waals surface area (Å²) in [5.74, 6) is -0.448. The SMILES string of the molecule is CCCCc1nc(O)c(S(=O)(=O)c2ccc(-c3cncc(F)c3)cc2)c(=O)n1C(CC)c1cccc(OC)c1. The van der Waals surface area contributed by atoms with Gasteiger partial charge in [0, 0.05) is 18.2 Å². The maximum atomic E-state index is 14.0. The fourth-order valence-electron chi connectivity index (χ4n) is 4.55. The van der Waals surface area contributed by atoms with Crippen molar-refractivity contribution in [2.75, 3.05) is 7.11 Å². The van der Waals surface area contributed by atoms with E-state index in [0.717, 1.165) is 18.2 Å². The van der Waals surface area contributed by atoms with Crippen LogP contribution in [0.3, 0.4) is 0 Å². The Morgan fingerprint density at radius 3 is 2.44 bits per heavy atom. The van der Waals surface area contributed by atoms with Crippen molar-refractivity contribution >= 4 is 9.84 Å². The summed E-state index contributed by atoms with van der Waals surface area (Å²) in [6, 6.07) is 13.6. The van der Waals surface area contributed by atoms with Crippen molar-refractivity contribution in [2.24, 2.45) is 0 Å². The highest BCUT2D eigenvalue weighted by molar-refractivity contribution is 7.91. The number of methoxy groups -OCH3 is 1. The lowest BCUT2D eigenvalue weighted by Crippen LogP contribution is -2.33. The van der Waals surface area contributed by atoms with Gasteiger partial charge in [0.25, 0.3) is 5.56 Å². The van der Waals surface area contributed by atoms with Gasteiger partial charge in [0.05, 0.1) is 24.2 Å². The summed E-state index contributed by atoms with van der Waals surface area (Å²) >= 11 is 0. The number of hydrogen-bond acceptors (Lipinski definition) is 7. The average molecular weight is 552 g/mol. The lowest BCUT2D eigenvalue weighted by Gasteiger charge is -2.23. The number of rotatable bonds is 10. The topological polar surface area (TPSA) is 111 Å². The first kappa shape index (κ1) is 28.0. The lowest BCUT2D eigenvalue weighted by atomic mass is 10.0. The molecule has 4 aromatic rings. The average Bonchev–Trinajstić information content (AvgIpc) is 2.93. The van der Waals surface area contributed by atoms with Crippen LogP contribution in [0.1, 0.15) is 50.5 Å². The number of ether oxygens (including phenoxy) is 1. The number of aromatic nitrogens is 3. The third-order valence-electron chi connectivity index (χ3n) is 6.53. The van der Waals surface area contributed by atoms with Crippen molar-refractivity contribution < 1.29 is 22.7 Å². The zero-order valence-corrected chi connectivity index (χ0v) is 22.8. The monoisotopic (exact) mass is 551 g/mol. The summed E-state index contributed by atoms with van der Waals surface area (Å²) in [6.07, 6.45) is 4.90. The second-order valence-corrected chi connectivity index (χ2v) is 11.0. The standard InChI is InChI=1S/C29H30FN3O5S/c1-4-6-10-26-32-28(34)27(29(35)33(26)25(5-2)20-8-7-9-23(16-20)38-3)39(36,37)24-13-11-19(12-14-24)21-15-22(30)18-31-17-21/h7-9,11-18,25,34H,4-6,10H2,1-3H3. The highest BCUT2D eigenvalue weighted by Crippen LogP contribution is 2.31. The van der Waals surface area contributed by atoms with Crippen LogP contribution in [0.25, 0.3) is 11.1 Å². The summed E-state index contributed by atoms with van der Waals surface area (Å²) in [4.78, 5) is 21.0. The van der Waals surface area contributed by atoms with E-state index < -0.39 is 38.0 Å². The number of aryl methyl sites for hydroxylation is 1. The zero-order valence-electron chi connectivity index (χ0n) is 22.0. The molecule has 4 rings (SSSR count). The van der Waals surface area contributed by atoms with Crippen molar-refractivity contribution in [3.05, 3.63) is 94.5 Å². The fourth-order valence-corrected chi connectivity index (χ4v) is 5.89. The minimum absolute atomic E-state index is 0.202. The molecular formula is C29H30FN3O5S. The van der Waals surface area contributed by atoms with E-state index in [9.17, 15) is 22.7 Å². The van der Waals surface area contributed by atoms with E-state index in [1.54, 1.807) is 25.3 Å². The summed E-state index contributed by atoms with van der Waals surface area (Å²) in [6.45, 7) is 3.88. The number of pyridine rings is 1. The summed E-state index contributed by atoms with van der Waals surface area (Å²) in [7, 11) is -2.92. The molecular weight excluding hydrogens is 521 g/mol. The van der Waals surface area contributed by atoms with Crippen LogP contribution >= 0.6 is 0 Å². The molecule has 0 fully saturated rings. The van der Waals surface area contributed by atoms with E-state index in [4.69, 9.17) is 4.74 Å². The molecule has 0 spiro atoms. The zero-order chi connectivity index (χ0) is 28.2. The van der Waals surface area contributed by atoms with Gasteiger partial charge < -0.3 is 9.84 Å². The molecule has 1 atom stereocenters. The van der Waals surface area contributed by atoms with Gasteiger partial charge in [-0.05, 0) is 54.3 Å². The van der Waals surface area contributed by atoms with Crippen LogP contribution in [0.4, 0.5) is 4.39 Å². The van der Waals surface area contributed by atoms with Crippen molar-refractivity contribution in [1.29, 1.82) is 0 Å². The first-order valence-corrected chi connectivity index (χ1v) is 14.1. The van der Waals surface area contributed by atoms with Gasteiger partial charge >= 0.3 is 0 Å². The molecule has 0 radical (unpaired) electrons. The number of halogens is 1. The highest BCUT2D eigenvalue weighted by atomic mass is 32.2.